The van der Waals surface area contributed by atoms with Gasteiger partial charge in [-0.1, -0.05) is 12.8 Å². The normalized spacial score (nSPS) is 24.7. The number of rotatable bonds is 5. The van der Waals surface area contributed by atoms with Crippen LogP contribution in [-0.4, -0.2) is 62.3 Å². The number of hydrogen-bond acceptors (Lipinski definition) is 3. The third-order valence-corrected chi connectivity index (χ3v) is 4.20. The fraction of sp³-hybridized carbons (Fsp3) is 0.933. The van der Waals surface area contributed by atoms with Crippen molar-refractivity contribution in [3.05, 3.63) is 0 Å². The van der Waals surface area contributed by atoms with Gasteiger partial charge >= 0.3 is 0 Å². The van der Waals surface area contributed by atoms with Gasteiger partial charge in [-0.05, 0) is 26.7 Å². The van der Waals surface area contributed by atoms with Crippen molar-refractivity contribution in [1.29, 1.82) is 0 Å². The second kappa shape index (κ2) is 10.6. The lowest BCUT2D eigenvalue weighted by Crippen LogP contribution is -2.45. The molecule has 5 nitrogen and oxygen atoms in total. The van der Waals surface area contributed by atoms with Crippen molar-refractivity contribution >= 4 is 29.9 Å². The molecule has 1 atom stereocenters. The van der Waals surface area contributed by atoms with E-state index in [4.69, 9.17) is 9.73 Å². The van der Waals surface area contributed by atoms with Crippen LogP contribution in [0.25, 0.3) is 0 Å². The Morgan fingerprint density at radius 3 is 2.76 bits per heavy atom. The summed E-state index contributed by atoms with van der Waals surface area (Å²) in [6.45, 7) is 9.88. The standard InChI is InChI=1S/C15H30N4O.HI/c1-3-16-15(18-14-6-4-5-7-14)17-8-9-19-10-11-20-12-13(19)2;/h13-14H,3-12H2,1-2H3,(H2,16,17,18);1H. The number of aliphatic imine (C=N–C) groups is 1. The molecule has 2 N–H and O–H groups in total. The fourth-order valence-corrected chi connectivity index (χ4v) is 2.97. The van der Waals surface area contributed by atoms with Crippen molar-refractivity contribution in [3.8, 4) is 0 Å². The minimum absolute atomic E-state index is 0. The Balaban J connectivity index is 0.00000220. The van der Waals surface area contributed by atoms with Crippen LogP contribution in [0.4, 0.5) is 0 Å². The number of ether oxygens (including phenoxy) is 1. The van der Waals surface area contributed by atoms with E-state index in [1.807, 2.05) is 0 Å². The Kier molecular flexibility index (Phi) is 9.59. The molecule has 21 heavy (non-hydrogen) atoms. The van der Waals surface area contributed by atoms with E-state index in [2.05, 4.69) is 29.4 Å². The highest BCUT2D eigenvalue weighted by Gasteiger charge is 2.18. The molecule has 2 fully saturated rings. The van der Waals surface area contributed by atoms with Crippen LogP contribution in [0.2, 0.25) is 0 Å². The van der Waals surface area contributed by atoms with E-state index < -0.39 is 0 Å². The summed E-state index contributed by atoms with van der Waals surface area (Å²) in [5.74, 6) is 0.986. The lowest BCUT2D eigenvalue weighted by Gasteiger charge is -2.32. The van der Waals surface area contributed by atoms with E-state index in [0.29, 0.717) is 12.1 Å². The molecule has 0 aromatic rings. The Bertz CT molecular complexity index is 308. The van der Waals surface area contributed by atoms with Crippen LogP contribution >= 0.6 is 24.0 Å². The third kappa shape index (κ3) is 6.69. The molecular weight excluding hydrogens is 379 g/mol. The third-order valence-electron chi connectivity index (χ3n) is 4.20. The van der Waals surface area contributed by atoms with Crippen molar-refractivity contribution in [3.63, 3.8) is 0 Å². The van der Waals surface area contributed by atoms with E-state index in [0.717, 1.165) is 45.4 Å². The van der Waals surface area contributed by atoms with Crippen molar-refractivity contribution in [2.45, 2.75) is 51.6 Å². The molecule has 124 valence electrons. The predicted octanol–water partition coefficient (Wildman–Crippen LogP) is 1.82. The molecule has 0 aromatic heterocycles. The van der Waals surface area contributed by atoms with Crippen molar-refractivity contribution in [1.82, 2.24) is 15.5 Å². The van der Waals surface area contributed by atoms with Crippen molar-refractivity contribution in [2.75, 3.05) is 39.4 Å². The monoisotopic (exact) mass is 410 g/mol. The largest absolute Gasteiger partial charge is 0.379 e. The fourth-order valence-electron chi connectivity index (χ4n) is 2.97. The Hall–Kier alpha value is -0.0800. The molecule has 0 radical (unpaired) electrons. The van der Waals surface area contributed by atoms with Gasteiger partial charge in [0.2, 0.25) is 0 Å². The van der Waals surface area contributed by atoms with Gasteiger partial charge in [0.15, 0.2) is 5.96 Å². The molecule has 1 saturated carbocycles. The topological polar surface area (TPSA) is 48.9 Å². The first-order valence-electron chi connectivity index (χ1n) is 8.16. The molecule has 2 aliphatic rings. The van der Waals surface area contributed by atoms with Gasteiger partial charge in [0.25, 0.3) is 0 Å². The van der Waals surface area contributed by atoms with Gasteiger partial charge in [0.1, 0.15) is 0 Å². The molecule has 1 saturated heterocycles. The highest BCUT2D eigenvalue weighted by molar-refractivity contribution is 14.0. The number of halogens is 1. The summed E-state index contributed by atoms with van der Waals surface area (Å²) in [4.78, 5) is 7.18. The Morgan fingerprint density at radius 2 is 2.10 bits per heavy atom. The average molecular weight is 410 g/mol. The Labute approximate surface area is 146 Å². The maximum atomic E-state index is 5.46. The SMILES string of the molecule is CCNC(=NCCN1CCOCC1C)NC1CCCC1.I. The van der Waals surface area contributed by atoms with Crippen LogP contribution in [-0.2, 0) is 4.74 Å². The molecule has 0 aromatic carbocycles. The van der Waals surface area contributed by atoms with Crippen LogP contribution in [0.1, 0.15) is 39.5 Å². The van der Waals surface area contributed by atoms with Crippen LogP contribution in [0.3, 0.4) is 0 Å². The zero-order valence-corrected chi connectivity index (χ0v) is 15.8. The molecular formula is C15H31IN4O. The summed E-state index contributed by atoms with van der Waals surface area (Å²) in [6.07, 6.45) is 5.26. The maximum Gasteiger partial charge on any atom is 0.191 e. The zero-order chi connectivity index (χ0) is 14.2. The molecule has 0 amide bonds. The summed E-state index contributed by atoms with van der Waals surface area (Å²) >= 11 is 0. The number of guanidine groups is 1. The quantitative estimate of drug-likeness (QED) is 0.413. The number of hydrogen-bond donors (Lipinski definition) is 2. The van der Waals surface area contributed by atoms with Gasteiger partial charge in [-0.25, -0.2) is 0 Å². The maximum absolute atomic E-state index is 5.46. The highest BCUT2D eigenvalue weighted by Crippen LogP contribution is 2.17. The number of nitrogens with zero attached hydrogens (tertiary/aromatic N) is 2. The summed E-state index contributed by atoms with van der Waals surface area (Å²) < 4.78 is 5.46. The average Bonchev–Trinajstić information content (AvgIpc) is 2.94. The van der Waals surface area contributed by atoms with Gasteiger partial charge < -0.3 is 15.4 Å². The van der Waals surface area contributed by atoms with E-state index in [9.17, 15) is 0 Å². The minimum Gasteiger partial charge on any atom is -0.379 e. The van der Waals surface area contributed by atoms with E-state index in [1.54, 1.807) is 0 Å². The molecule has 0 bridgehead atoms. The van der Waals surface area contributed by atoms with Crippen LogP contribution in [0.15, 0.2) is 4.99 Å². The Morgan fingerprint density at radius 1 is 1.33 bits per heavy atom. The molecule has 0 spiro atoms. The highest BCUT2D eigenvalue weighted by atomic mass is 127. The minimum atomic E-state index is 0. The van der Waals surface area contributed by atoms with Crippen LogP contribution < -0.4 is 10.6 Å². The lowest BCUT2D eigenvalue weighted by molar-refractivity contribution is 0.00141. The summed E-state index contributed by atoms with van der Waals surface area (Å²) in [5.41, 5.74) is 0. The smallest absolute Gasteiger partial charge is 0.191 e. The molecule has 1 aliphatic heterocycles. The van der Waals surface area contributed by atoms with Gasteiger partial charge in [0, 0.05) is 31.7 Å². The van der Waals surface area contributed by atoms with Gasteiger partial charge in [0.05, 0.1) is 19.8 Å². The summed E-state index contributed by atoms with van der Waals surface area (Å²) in [5, 5.41) is 6.92. The number of morpholine rings is 1. The molecule has 6 heteroatoms. The van der Waals surface area contributed by atoms with Gasteiger partial charge in [-0.2, -0.15) is 0 Å². The molecule has 1 heterocycles. The summed E-state index contributed by atoms with van der Waals surface area (Å²) in [7, 11) is 0. The molecule has 1 unspecified atom stereocenters. The zero-order valence-electron chi connectivity index (χ0n) is 13.4. The molecule has 1 aliphatic carbocycles. The van der Waals surface area contributed by atoms with E-state index in [1.165, 1.54) is 25.7 Å². The summed E-state index contributed by atoms with van der Waals surface area (Å²) in [6, 6.07) is 1.14. The van der Waals surface area contributed by atoms with Gasteiger partial charge in [-0.3, -0.25) is 9.89 Å². The van der Waals surface area contributed by atoms with Crippen LogP contribution in [0.5, 0.6) is 0 Å². The predicted molar refractivity (Wildman–Crippen MR) is 98.6 cm³/mol. The number of nitrogens with one attached hydrogen (secondary N) is 2. The van der Waals surface area contributed by atoms with Crippen molar-refractivity contribution < 1.29 is 4.74 Å². The van der Waals surface area contributed by atoms with Crippen molar-refractivity contribution in [2.24, 2.45) is 4.99 Å². The molecule has 2 rings (SSSR count). The van der Waals surface area contributed by atoms with E-state index in [-0.39, 0.29) is 24.0 Å². The second-order valence-electron chi connectivity index (χ2n) is 5.85. The van der Waals surface area contributed by atoms with Crippen LogP contribution in [0, 0.1) is 0 Å². The lowest BCUT2D eigenvalue weighted by atomic mass is 10.2. The van der Waals surface area contributed by atoms with E-state index >= 15 is 0 Å². The first-order valence-corrected chi connectivity index (χ1v) is 8.16. The second-order valence-corrected chi connectivity index (χ2v) is 5.85. The first kappa shape index (κ1) is 19.0. The van der Waals surface area contributed by atoms with Gasteiger partial charge in [-0.15, -0.1) is 24.0 Å². The first-order chi connectivity index (χ1) is 9.79.